The largest absolute Gasteiger partial charge is 0.381 e. The van der Waals surface area contributed by atoms with Gasteiger partial charge in [0.2, 0.25) is 0 Å². The van der Waals surface area contributed by atoms with Gasteiger partial charge in [0.25, 0.3) is 0 Å². The lowest BCUT2D eigenvalue weighted by Crippen LogP contribution is -1.95. The molecule has 0 radical (unpaired) electrons. The lowest BCUT2D eigenvalue weighted by Gasteiger charge is -2.01. The summed E-state index contributed by atoms with van der Waals surface area (Å²) >= 11 is 0. The highest BCUT2D eigenvalue weighted by atomic mass is 16.5. The maximum absolute atomic E-state index is 5.39. The van der Waals surface area contributed by atoms with E-state index in [1.165, 1.54) is 38.5 Å². The van der Waals surface area contributed by atoms with E-state index in [1.807, 2.05) is 6.08 Å². The summed E-state index contributed by atoms with van der Waals surface area (Å²) in [6, 6.07) is 0. The molecule has 0 rings (SSSR count). The van der Waals surface area contributed by atoms with Crippen molar-refractivity contribution in [1.29, 1.82) is 0 Å². The van der Waals surface area contributed by atoms with Gasteiger partial charge >= 0.3 is 0 Å². The van der Waals surface area contributed by atoms with Crippen LogP contribution in [0.1, 0.15) is 51.9 Å². The molecule has 0 saturated heterocycles. The zero-order valence-corrected chi connectivity index (χ0v) is 9.06. The summed E-state index contributed by atoms with van der Waals surface area (Å²) in [7, 11) is 0. The van der Waals surface area contributed by atoms with E-state index in [0.29, 0.717) is 0 Å². The Bertz CT molecular complexity index is 99.3. The van der Waals surface area contributed by atoms with Crippen molar-refractivity contribution in [3.05, 3.63) is 12.7 Å². The Morgan fingerprint density at radius 3 is 2.38 bits per heavy atom. The molecule has 0 aliphatic heterocycles. The molecule has 78 valence electrons. The van der Waals surface area contributed by atoms with Crippen LogP contribution in [0.3, 0.4) is 0 Å². The predicted molar refractivity (Wildman–Crippen MR) is 59.0 cm³/mol. The van der Waals surface area contributed by atoms with E-state index in [0.717, 1.165) is 19.6 Å². The van der Waals surface area contributed by atoms with Crippen molar-refractivity contribution in [3.8, 4) is 0 Å². The second-order valence-corrected chi connectivity index (χ2v) is 3.46. The number of unbranched alkanes of at least 4 members (excludes halogenated alkanes) is 5. The van der Waals surface area contributed by atoms with Gasteiger partial charge in [-0.1, -0.05) is 32.3 Å². The minimum Gasteiger partial charge on any atom is -0.381 e. The van der Waals surface area contributed by atoms with Crippen molar-refractivity contribution in [2.75, 3.05) is 13.2 Å². The van der Waals surface area contributed by atoms with E-state index in [4.69, 9.17) is 4.74 Å². The average Bonchev–Trinajstić information content (AvgIpc) is 2.16. The average molecular weight is 184 g/mol. The first-order valence-electron chi connectivity index (χ1n) is 5.60. The van der Waals surface area contributed by atoms with Crippen LogP contribution in [0.15, 0.2) is 12.7 Å². The molecule has 1 nitrogen and oxygen atoms in total. The van der Waals surface area contributed by atoms with Gasteiger partial charge in [-0.2, -0.15) is 0 Å². The number of ether oxygens (including phenoxy) is 1. The van der Waals surface area contributed by atoms with Gasteiger partial charge in [0, 0.05) is 13.2 Å². The fraction of sp³-hybridized carbons (Fsp3) is 0.833. The van der Waals surface area contributed by atoms with Crippen LogP contribution in [0, 0.1) is 0 Å². The Kier molecular flexibility index (Phi) is 11.4. The topological polar surface area (TPSA) is 9.23 Å². The highest BCUT2D eigenvalue weighted by Crippen LogP contribution is 2.05. The molecule has 0 atom stereocenters. The van der Waals surface area contributed by atoms with Gasteiger partial charge in [-0.15, -0.1) is 6.58 Å². The van der Waals surface area contributed by atoms with E-state index in [2.05, 4.69) is 13.5 Å². The Hall–Kier alpha value is -0.300. The Balaban J connectivity index is 2.79. The molecule has 0 aliphatic carbocycles. The molecular weight excluding hydrogens is 160 g/mol. The molecule has 0 fully saturated rings. The summed E-state index contributed by atoms with van der Waals surface area (Å²) in [5.41, 5.74) is 0. The lowest BCUT2D eigenvalue weighted by atomic mass is 10.1. The molecule has 0 unspecified atom stereocenters. The molecule has 13 heavy (non-hydrogen) atoms. The molecule has 0 amide bonds. The summed E-state index contributed by atoms with van der Waals surface area (Å²) in [6.45, 7) is 7.74. The van der Waals surface area contributed by atoms with Crippen LogP contribution in [0.25, 0.3) is 0 Å². The van der Waals surface area contributed by atoms with Gasteiger partial charge in [0.05, 0.1) is 0 Å². The zero-order valence-electron chi connectivity index (χ0n) is 9.06. The minimum atomic E-state index is 0.927. The van der Waals surface area contributed by atoms with Crippen molar-refractivity contribution in [1.82, 2.24) is 0 Å². The van der Waals surface area contributed by atoms with Crippen LogP contribution in [0.4, 0.5) is 0 Å². The molecule has 0 aliphatic rings. The second kappa shape index (κ2) is 11.7. The number of rotatable bonds is 10. The van der Waals surface area contributed by atoms with Crippen LogP contribution >= 0.6 is 0 Å². The lowest BCUT2D eigenvalue weighted by molar-refractivity contribution is 0.130. The van der Waals surface area contributed by atoms with Gasteiger partial charge in [-0.05, 0) is 25.7 Å². The highest BCUT2D eigenvalue weighted by Gasteiger charge is 1.90. The fourth-order valence-corrected chi connectivity index (χ4v) is 1.27. The van der Waals surface area contributed by atoms with E-state index in [9.17, 15) is 0 Å². The van der Waals surface area contributed by atoms with Crippen molar-refractivity contribution in [2.45, 2.75) is 51.9 Å². The molecule has 1 heteroatoms. The maximum atomic E-state index is 5.39. The maximum Gasteiger partial charge on any atom is 0.0466 e. The van der Waals surface area contributed by atoms with Gasteiger partial charge in [-0.25, -0.2) is 0 Å². The monoisotopic (exact) mass is 184 g/mol. The first kappa shape index (κ1) is 12.7. The first-order valence-corrected chi connectivity index (χ1v) is 5.60. The van der Waals surface area contributed by atoms with Crippen molar-refractivity contribution >= 4 is 0 Å². The van der Waals surface area contributed by atoms with Gasteiger partial charge in [0.15, 0.2) is 0 Å². The van der Waals surface area contributed by atoms with E-state index >= 15 is 0 Å². The fourth-order valence-electron chi connectivity index (χ4n) is 1.27. The third-order valence-electron chi connectivity index (χ3n) is 2.05. The van der Waals surface area contributed by atoms with Crippen molar-refractivity contribution < 1.29 is 4.74 Å². The van der Waals surface area contributed by atoms with Gasteiger partial charge in [0.1, 0.15) is 0 Å². The summed E-state index contributed by atoms with van der Waals surface area (Å²) in [4.78, 5) is 0. The van der Waals surface area contributed by atoms with Crippen LogP contribution in [-0.2, 0) is 4.74 Å². The smallest absolute Gasteiger partial charge is 0.0466 e. The predicted octanol–water partition coefficient (Wildman–Crippen LogP) is 3.94. The summed E-state index contributed by atoms with van der Waals surface area (Å²) in [5.74, 6) is 0. The summed E-state index contributed by atoms with van der Waals surface area (Å²) < 4.78 is 5.39. The number of hydrogen-bond donors (Lipinski definition) is 0. The third kappa shape index (κ3) is 11.7. The molecule has 0 spiro atoms. The molecule has 0 aromatic carbocycles. The number of allylic oxidation sites excluding steroid dienone is 1. The molecule has 0 heterocycles. The third-order valence-corrected chi connectivity index (χ3v) is 2.05. The molecule has 0 bridgehead atoms. The molecule has 0 N–H and O–H groups in total. The van der Waals surface area contributed by atoms with Crippen LogP contribution in [-0.4, -0.2) is 13.2 Å². The Morgan fingerprint density at radius 2 is 1.69 bits per heavy atom. The van der Waals surface area contributed by atoms with Crippen LogP contribution in [0.5, 0.6) is 0 Å². The quantitative estimate of drug-likeness (QED) is 0.369. The normalized spacial score (nSPS) is 10.2. The molecular formula is C12H24O. The SMILES string of the molecule is C=CCCCCCCCOCCC. The standard InChI is InChI=1S/C12H24O/c1-3-5-6-7-8-9-10-12-13-11-4-2/h3H,1,4-12H2,2H3. The van der Waals surface area contributed by atoms with Crippen LogP contribution < -0.4 is 0 Å². The van der Waals surface area contributed by atoms with E-state index < -0.39 is 0 Å². The zero-order chi connectivity index (χ0) is 9.78. The van der Waals surface area contributed by atoms with Gasteiger partial charge in [-0.3, -0.25) is 0 Å². The minimum absolute atomic E-state index is 0.927. The Morgan fingerprint density at radius 1 is 1.00 bits per heavy atom. The summed E-state index contributed by atoms with van der Waals surface area (Å²) in [5, 5.41) is 0. The van der Waals surface area contributed by atoms with Gasteiger partial charge < -0.3 is 4.74 Å². The van der Waals surface area contributed by atoms with Crippen LogP contribution in [0.2, 0.25) is 0 Å². The summed E-state index contributed by atoms with van der Waals surface area (Å²) in [6.07, 6.45) is 10.9. The molecule has 0 aromatic heterocycles. The van der Waals surface area contributed by atoms with Crippen molar-refractivity contribution in [3.63, 3.8) is 0 Å². The Labute approximate surface area is 83.2 Å². The first-order chi connectivity index (χ1) is 6.41. The van der Waals surface area contributed by atoms with Crippen molar-refractivity contribution in [2.24, 2.45) is 0 Å². The van der Waals surface area contributed by atoms with E-state index in [1.54, 1.807) is 0 Å². The molecule has 0 aromatic rings. The second-order valence-electron chi connectivity index (χ2n) is 3.46. The van der Waals surface area contributed by atoms with E-state index in [-0.39, 0.29) is 0 Å². The number of hydrogen-bond acceptors (Lipinski definition) is 1. The highest BCUT2D eigenvalue weighted by molar-refractivity contribution is 4.65. The molecule has 0 saturated carbocycles.